The lowest BCUT2D eigenvalue weighted by Gasteiger charge is -2.08. The SMILES string of the molecule is Cc1cc(C(=O)Nc2cccc(CO)c2)c2cnn(C)c2n1. The van der Waals surface area contributed by atoms with Crippen molar-refractivity contribution in [2.75, 3.05) is 5.32 Å². The van der Waals surface area contributed by atoms with Gasteiger partial charge in [0.1, 0.15) is 0 Å². The first-order valence-electron chi connectivity index (χ1n) is 6.89. The summed E-state index contributed by atoms with van der Waals surface area (Å²) in [5.41, 5.74) is 3.35. The molecule has 0 radical (unpaired) electrons. The van der Waals surface area contributed by atoms with E-state index in [9.17, 15) is 4.79 Å². The number of nitrogens with zero attached hydrogens (tertiary/aromatic N) is 3. The van der Waals surface area contributed by atoms with Crippen LogP contribution in [0.1, 0.15) is 21.6 Å². The lowest BCUT2D eigenvalue weighted by atomic mass is 10.1. The zero-order valence-corrected chi connectivity index (χ0v) is 12.4. The molecule has 0 bridgehead atoms. The van der Waals surface area contributed by atoms with Gasteiger partial charge in [0.25, 0.3) is 5.91 Å². The van der Waals surface area contributed by atoms with E-state index in [0.717, 1.165) is 11.3 Å². The topological polar surface area (TPSA) is 80.0 Å². The Labute approximate surface area is 127 Å². The number of nitrogens with one attached hydrogen (secondary N) is 1. The minimum absolute atomic E-state index is 0.0646. The number of aromatic nitrogens is 3. The van der Waals surface area contributed by atoms with Crippen LogP contribution < -0.4 is 5.32 Å². The fourth-order valence-corrected chi connectivity index (χ4v) is 2.37. The van der Waals surface area contributed by atoms with Gasteiger partial charge in [0.05, 0.1) is 23.8 Å². The van der Waals surface area contributed by atoms with E-state index in [1.54, 1.807) is 48.3 Å². The van der Waals surface area contributed by atoms with Gasteiger partial charge in [0.15, 0.2) is 5.65 Å². The third-order valence-corrected chi connectivity index (χ3v) is 3.45. The van der Waals surface area contributed by atoms with Crippen molar-refractivity contribution >= 4 is 22.6 Å². The highest BCUT2D eigenvalue weighted by Crippen LogP contribution is 2.19. The van der Waals surface area contributed by atoms with Gasteiger partial charge in [0, 0.05) is 18.4 Å². The van der Waals surface area contributed by atoms with Crippen LogP contribution in [0.2, 0.25) is 0 Å². The first-order valence-corrected chi connectivity index (χ1v) is 6.89. The first kappa shape index (κ1) is 14.2. The number of hydrogen-bond donors (Lipinski definition) is 2. The number of aliphatic hydroxyl groups excluding tert-OH is 1. The number of carbonyl (C=O) groups excluding carboxylic acids is 1. The average molecular weight is 296 g/mol. The molecule has 1 aromatic carbocycles. The van der Waals surface area contributed by atoms with Crippen molar-refractivity contribution in [3.05, 3.63) is 53.3 Å². The number of anilines is 1. The zero-order valence-electron chi connectivity index (χ0n) is 12.4. The molecule has 2 N–H and O–H groups in total. The Morgan fingerprint density at radius 3 is 2.95 bits per heavy atom. The van der Waals surface area contributed by atoms with Gasteiger partial charge in [-0.1, -0.05) is 12.1 Å². The Morgan fingerprint density at radius 1 is 1.36 bits per heavy atom. The van der Waals surface area contributed by atoms with Crippen molar-refractivity contribution in [1.82, 2.24) is 14.8 Å². The number of benzene rings is 1. The van der Waals surface area contributed by atoms with E-state index >= 15 is 0 Å². The molecule has 6 heteroatoms. The van der Waals surface area contributed by atoms with E-state index in [2.05, 4.69) is 15.4 Å². The summed E-state index contributed by atoms with van der Waals surface area (Å²) in [6, 6.07) is 8.86. The van der Waals surface area contributed by atoms with Gasteiger partial charge in [-0.05, 0) is 30.7 Å². The molecule has 0 aliphatic heterocycles. The average Bonchev–Trinajstić information content (AvgIpc) is 2.88. The number of hydrogen-bond acceptors (Lipinski definition) is 4. The van der Waals surface area contributed by atoms with Gasteiger partial charge < -0.3 is 10.4 Å². The lowest BCUT2D eigenvalue weighted by Crippen LogP contribution is -2.13. The summed E-state index contributed by atoms with van der Waals surface area (Å²) in [6.07, 6.45) is 1.64. The van der Waals surface area contributed by atoms with Crippen molar-refractivity contribution < 1.29 is 9.90 Å². The van der Waals surface area contributed by atoms with E-state index in [0.29, 0.717) is 22.3 Å². The molecule has 3 rings (SSSR count). The van der Waals surface area contributed by atoms with E-state index < -0.39 is 0 Å². The first-order chi connectivity index (χ1) is 10.6. The van der Waals surface area contributed by atoms with Crippen molar-refractivity contribution in [2.24, 2.45) is 7.05 Å². The number of pyridine rings is 1. The summed E-state index contributed by atoms with van der Waals surface area (Å²) in [4.78, 5) is 17.0. The van der Waals surface area contributed by atoms with Gasteiger partial charge in [-0.3, -0.25) is 9.48 Å². The van der Waals surface area contributed by atoms with Crippen LogP contribution in [0.4, 0.5) is 5.69 Å². The fraction of sp³-hybridized carbons (Fsp3) is 0.188. The Morgan fingerprint density at radius 2 is 2.18 bits per heavy atom. The highest BCUT2D eigenvalue weighted by Gasteiger charge is 2.15. The molecule has 2 heterocycles. The largest absolute Gasteiger partial charge is 0.392 e. The maximum Gasteiger partial charge on any atom is 0.256 e. The van der Waals surface area contributed by atoms with Crippen LogP contribution in [0.5, 0.6) is 0 Å². The molecule has 0 saturated heterocycles. The summed E-state index contributed by atoms with van der Waals surface area (Å²) in [7, 11) is 1.79. The number of aliphatic hydroxyl groups is 1. The molecule has 1 amide bonds. The number of aryl methyl sites for hydroxylation is 2. The molecule has 0 unspecified atom stereocenters. The molecule has 2 aromatic heterocycles. The second-order valence-corrected chi connectivity index (χ2v) is 5.13. The third-order valence-electron chi connectivity index (χ3n) is 3.45. The Hall–Kier alpha value is -2.73. The maximum absolute atomic E-state index is 12.6. The second kappa shape index (κ2) is 5.57. The summed E-state index contributed by atoms with van der Waals surface area (Å²) in [5.74, 6) is -0.224. The van der Waals surface area contributed by atoms with Crippen LogP contribution in [0.15, 0.2) is 36.5 Å². The maximum atomic E-state index is 12.6. The van der Waals surface area contributed by atoms with Crippen molar-refractivity contribution in [3.8, 4) is 0 Å². The van der Waals surface area contributed by atoms with Gasteiger partial charge in [-0.2, -0.15) is 5.10 Å². The van der Waals surface area contributed by atoms with Crippen LogP contribution in [0.3, 0.4) is 0 Å². The smallest absolute Gasteiger partial charge is 0.256 e. The third kappa shape index (κ3) is 2.56. The van der Waals surface area contributed by atoms with E-state index in [-0.39, 0.29) is 12.5 Å². The summed E-state index contributed by atoms with van der Waals surface area (Å²) < 4.78 is 1.64. The number of carbonyl (C=O) groups is 1. The van der Waals surface area contributed by atoms with Crippen LogP contribution in [-0.4, -0.2) is 25.8 Å². The minimum Gasteiger partial charge on any atom is -0.392 e. The molecule has 0 fully saturated rings. The van der Waals surface area contributed by atoms with E-state index in [1.165, 1.54) is 0 Å². The van der Waals surface area contributed by atoms with Crippen LogP contribution in [0, 0.1) is 6.92 Å². The quantitative estimate of drug-likeness (QED) is 0.775. The van der Waals surface area contributed by atoms with Crippen molar-refractivity contribution in [2.45, 2.75) is 13.5 Å². The zero-order chi connectivity index (χ0) is 15.7. The van der Waals surface area contributed by atoms with Gasteiger partial charge >= 0.3 is 0 Å². The molecule has 112 valence electrons. The van der Waals surface area contributed by atoms with Crippen LogP contribution in [-0.2, 0) is 13.7 Å². The lowest BCUT2D eigenvalue weighted by molar-refractivity contribution is 0.102. The van der Waals surface area contributed by atoms with E-state index in [1.807, 2.05) is 6.92 Å². The normalized spacial score (nSPS) is 10.9. The Balaban J connectivity index is 1.98. The molecule has 0 aliphatic rings. The van der Waals surface area contributed by atoms with Gasteiger partial charge in [-0.15, -0.1) is 0 Å². The molecular formula is C16H16N4O2. The van der Waals surface area contributed by atoms with Crippen LogP contribution in [0.25, 0.3) is 11.0 Å². The van der Waals surface area contributed by atoms with Gasteiger partial charge in [-0.25, -0.2) is 4.98 Å². The highest BCUT2D eigenvalue weighted by molar-refractivity contribution is 6.12. The molecule has 22 heavy (non-hydrogen) atoms. The molecule has 3 aromatic rings. The monoisotopic (exact) mass is 296 g/mol. The molecule has 0 saturated carbocycles. The molecule has 0 atom stereocenters. The molecular weight excluding hydrogens is 280 g/mol. The number of amides is 1. The Kier molecular flexibility index (Phi) is 3.60. The Bertz CT molecular complexity index is 854. The predicted octanol–water partition coefficient (Wildman–Crippen LogP) is 2.02. The summed E-state index contributed by atoms with van der Waals surface area (Å²) in [6.45, 7) is 1.78. The van der Waals surface area contributed by atoms with Crippen molar-refractivity contribution in [1.29, 1.82) is 0 Å². The van der Waals surface area contributed by atoms with E-state index in [4.69, 9.17) is 5.11 Å². The minimum atomic E-state index is -0.224. The standard InChI is InChI=1S/C16H16N4O2/c1-10-6-13(14-8-17-20(2)15(14)18-10)16(22)19-12-5-3-4-11(7-12)9-21/h3-8,21H,9H2,1-2H3,(H,19,22). The number of fused-ring (bicyclic) bond motifs is 1. The predicted molar refractivity (Wildman–Crippen MR) is 83.6 cm³/mol. The fourth-order valence-electron chi connectivity index (χ4n) is 2.37. The number of rotatable bonds is 3. The summed E-state index contributed by atoms with van der Waals surface area (Å²) >= 11 is 0. The van der Waals surface area contributed by atoms with Crippen LogP contribution >= 0.6 is 0 Å². The van der Waals surface area contributed by atoms with Crippen molar-refractivity contribution in [3.63, 3.8) is 0 Å². The molecule has 0 aliphatic carbocycles. The van der Waals surface area contributed by atoms with Gasteiger partial charge in [0.2, 0.25) is 0 Å². The highest BCUT2D eigenvalue weighted by atomic mass is 16.3. The molecule has 0 spiro atoms. The molecule has 6 nitrogen and oxygen atoms in total. The second-order valence-electron chi connectivity index (χ2n) is 5.13. The summed E-state index contributed by atoms with van der Waals surface area (Å²) in [5, 5.41) is 16.9.